The number of ether oxygens (including phenoxy) is 2. The minimum atomic E-state index is 0. The highest BCUT2D eigenvalue weighted by molar-refractivity contribution is 14.0. The van der Waals surface area contributed by atoms with E-state index in [0.717, 1.165) is 5.56 Å². The molecule has 0 unspecified atom stereocenters. The molecule has 0 heterocycles. The number of hydrogen-bond acceptors (Lipinski definition) is 4. The molecule has 1 aromatic carbocycles. The van der Waals surface area contributed by atoms with Crippen LogP contribution in [0.25, 0.3) is 0 Å². The first kappa shape index (κ1) is 17.6. The number of rotatable bonds is 4. The second kappa shape index (κ2) is 8.68. The summed E-state index contributed by atoms with van der Waals surface area (Å²) >= 11 is 0. The molecule has 1 aromatic rings. The Morgan fingerprint density at radius 2 is 1.79 bits per heavy atom. The third-order valence-electron chi connectivity index (χ3n) is 2.46. The van der Waals surface area contributed by atoms with E-state index in [-0.39, 0.29) is 29.7 Å². The molecule has 0 saturated heterocycles. The minimum absolute atomic E-state index is 0. The maximum Gasteiger partial charge on any atom is 0.200 e. The maximum atomic E-state index is 9.78. The number of nitrogens with zero attached hydrogens (tertiary/aromatic N) is 1. The molecule has 0 bridgehead atoms. The Labute approximate surface area is 130 Å². The molecule has 0 spiro atoms. The molecular formula is C12H20IN3O3. The van der Waals surface area contributed by atoms with Crippen molar-refractivity contribution >= 4 is 29.9 Å². The predicted octanol–water partition coefficient (Wildman–Crippen LogP) is 1.32. The SMILES string of the molecule is CN=C(NC)NCc1cc(OC)c(O)c(OC)c1.I. The first-order chi connectivity index (χ1) is 8.65. The number of phenols is 1. The van der Waals surface area contributed by atoms with Crippen LogP contribution in [0.15, 0.2) is 17.1 Å². The molecule has 0 aliphatic heterocycles. The fraction of sp³-hybridized carbons (Fsp3) is 0.417. The van der Waals surface area contributed by atoms with Crippen LogP contribution in [0.3, 0.4) is 0 Å². The van der Waals surface area contributed by atoms with E-state index in [9.17, 15) is 5.11 Å². The highest BCUT2D eigenvalue weighted by atomic mass is 127. The molecule has 0 saturated carbocycles. The van der Waals surface area contributed by atoms with Crippen molar-refractivity contribution in [3.8, 4) is 17.2 Å². The van der Waals surface area contributed by atoms with Gasteiger partial charge in [0, 0.05) is 20.6 Å². The molecule has 108 valence electrons. The van der Waals surface area contributed by atoms with Gasteiger partial charge in [-0.2, -0.15) is 0 Å². The van der Waals surface area contributed by atoms with Gasteiger partial charge >= 0.3 is 0 Å². The highest BCUT2D eigenvalue weighted by Gasteiger charge is 2.11. The van der Waals surface area contributed by atoms with E-state index in [1.807, 2.05) is 0 Å². The smallest absolute Gasteiger partial charge is 0.200 e. The van der Waals surface area contributed by atoms with Crippen LogP contribution < -0.4 is 20.1 Å². The predicted molar refractivity (Wildman–Crippen MR) is 85.9 cm³/mol. The zero-order valence-corrected chi connectivity index (χ0v) is 13.8. The van der Waals surface area contributed by atoms with Gasteiger partial charge in [-0.05, 0) is 17.7 Å². The summed E-state index contributed by atoms with van der Waals surface area (Å²) in [6.07, 6.45) is 0. The summed E-state index contributed by atoms with van der Waals surface area (Å²) in [4.78, 5) is 4.01. The lowest BCUT2D eigenvalue weighted by molar-refractivity contribution is 0.339. The summed E-state index contributed by atoms with van der Waals surface area (Å²) in [6.45, 7) is 0.542. The normalized spacial score (nSPS) is 10.4. The van der Waals surface area contributed by atoms with Gasteiger partial charge in [0.05, 0.1) is 14.2 Å². The Balaban J connectivity index is 0.00000324. The number of aliphatic imine (C=N–C) groups is 1. The van der Waals surface area contributed by atoms with Crippen molar-refractivity contribution in [2.45, 2.75) is 6.54 Å². The van der Waals surface area contributed by atoms with Crippen LogP contribution in [0.4, 0.5) is 0 Å². The van der Waals surface area contributed by atoms with Crippen LogP contribution >= 0.6 is 24.0 Å². The number of phenolic OH excluding ortho intramolecular Hbond substituents is 1. The largest absolute Gasteiger partial charge is 0.502 e. The van der Waals surface area contributed by atoms with E-state index in [4.69, 9.17) is 9.47 Å². The Hall–Kier alpha value is -1.38. The monoisotopic (exact) mass is 381 g/mol. The van der Waals surface area contributed by atoms with Gasteiger partial charge in [-0.1, -0.05) is 0 Å². The minimum Gasteiger partial charge on any atom is -0.502 e. The van der Waals surface area contributed by atoms with Crippen LogP contribution in [-0.2, 0) is 6.54 Å². The van der Waals surface area contributed by atoms with E-state index in [1.165, 1.54) is 14.2 Å². The molecule has 0 fully saturated rings. The molecule has 0 aromatic heterocycles. The standard InChI is InChI=1S/C12H19N3O3.HI/c1-13-12(14-2)15-7-8-5-9(17-3)11(16)10(6-8)18-4;/h5-6,16H,7H2,1-4H3,(H2,13,14,15);1H. The molecule has 0 aliphatic carbocycles. The van der Waals surface area contributed by atoms with E-state index < -0.39 is 0 Å². The van der Waals surface area contributed by atoms with Gasteiger partial charge in [-0.15, -0.1) is 24.0 Å². The van der Waals surface area contributed by atoms with Gasteiger partial charge in [-0.3, -0.25) is 4.99 Å². The van der Waals surface area contributed by atoms with E-state index in [1.54, 1.807) is 26.2 Å². The van der Waals surface area contributed by atoms with Crippen molar-refractivity contribution in [3.05, 3.63) is 17.7 Å². The van der Waals surface area contributed by atoms with Gasteiger partial charge < -0.3 is 25.2 Å². The van der Waals surface area contributed by atoms with Crippen LogP contribution in [0, 0.1) is 0 Å². The van der Waals surface area contributed by atoms with E-state index >= 15 is 0 Å². The van der Waals surface area contributed by atoms with E-state index in [2.05, 4.69) is 15.6 Å². The molecular weight excluding hydrogens is 361 g/mol. The summed E-state index contributed by atoms with van der Waals surface area (Å²) in [5, 5.41) is 15.8. The molecule has 1 rings (SSSR count). The summed E-state index contributed by atoms with van der Waals surface area (Å²) < 4.78 is 10.2. The Morgan fingerprint density at radius 3 is 2.16 bits per heavy atom. The van der Waals surface area contributed by atoms with Crippen molar-refractivity contribution in [2.75, 3.05) is 28.3 Å². The Kier molecular flexibility index (Phi) is 8.05. The number of guanidine groups is 1. The Bertz CT molecular complexity index is 413. The van der Waals surface area contributed by atoms with Crippen molar-refractivity contribution in [3.63, 3.8) is 0 Å². The van der Waals surface area contributed by atoms with Crippen LogP contribution in [0.1, 0.15) is 5.56 Å². The molecule has 0 aliphatic rings. The fourth-order valence-corrected chi connectivity index (χ4v) is 1.51. The van der Waals surface area contributed by atoms with Crippen LogP contribution in [0.2, 0.25) is 0 Å². The lowest BCUT2D eigenvalue weighted by atomic mass is 10.2. The number of nitrogens with one attached hydrogen (secondary N) is 2. The number of benzene rings is 1. The summed E-state index contributed by atoms with van der Waals surface area (Å²) in [7, 11) is 6.47. The van der Waals surface area contributed by atoms with Crippen LogP contribution in [-0.4, -0.2) is 39.4 Å². The first-order valence-electron chi connectivity index (χ1n) is 5.48. The number of hydrogen-bond donors (Lipinski definition) is 3. The number of methoxy groups -OCH3 is 2. The average molecular weight is 381 g/mol. The lowest BCUT2D eigenvalue weighted by Gasteiger charge is -2.13. The number of aromatic hydroxyl groups is 1. The van der Waals surface area contributed by atoms with Gasteiger partial charge in [0.15, 0.2) is 17.5 Å². The molecule has 0 amide bonds. The van der Waals surface area contributed by atoms with E-state index in [0.29, 0.717) is 24.0 Å². The average Bonchev–Trinajstić information content (AvgIpc) is 2.41. The summed E-state index contributed by atoms with van der Waals surface area (Å²) in [6, 6.07) is 3.49. The third-order valence-corrected chi connectivity index (χ3v) is 2.46. The van der Waals surface area contributed by atoms with Crippen molar-refractivity contribution in [2.24, 2.45) is 4.99 Å². The van der Waals surface area contributed by atoms with Gasteiger partial charge in [0.25, 0.3) is 0 Å². The molecule has 19 heavy (non-hydrogen) atoms. The zero-order valence-electron chi connectivity index (χ0n) is 11.5. The topological polar surface area (TPSA) is 75.1 Å². The molecule has 7 heteroatoms. The molecule has 6 nitrogen and oxygen atoms in total. The quantitative estimate of drug-likeness (QED) is 0.417. The van der Waals surface area contributed by atoms with Crippen molar-refractivity contribution in [1.82, 2.24) is 10.6 Å². The summed E-state index contributed by atoms with van der Waals surface area (Å²) in [5.74, 6) is 1.44. The Morgan fingerprint density at radius 1 is 1.26 bits per heavy atom. The van der Waals surface area contributed by atoms with Gasteiger partial charge in [0.2, 0.25) is 5.75 Å². The third kappa shape index (κ3) is 4.66. The van der Waals surface area contributed by atoms with Gasteiger partial charge in [-0.25, -0.2) is 0 Å². The maximum absolute atomic E-state index is 9.78. The molecule has 0 radical (unpaired) electrons. The van der Waals surface area contributed by atoms with Crippen molar-refractivity contribution < 1.29 is 14.6 Å². The first-order valence-corrected chi connectivity index (χ1v) is 5.48. The highest BCUT2D eigenvalue weighted by Crippen LogP contribution is 2.36. The van der Waals surface area contributed by atoms with Crippen LogP contribution in [0.5, 0.6) is 17.2 Å². The lowest BCUT2D eigenvalue weighted by Crippen LogP contribution is -2.34. The van der Waals surface area contributed by atoms with Crippen molar-refractivity contribution in [1.29, 1.82) is 0 Å². The molecule has 3 N–H and O–H groups in total. The fourth-order valence-electron chi connectivity index (χ4n) is 1.51. The zero-order chi connectivity index (χ0) is 13.5. The molecule has 0 atom stereocenters. The number of halogens is 1. The second-order valence-electron chi connectivity index (χ2n) is 3.52. The second-order valence-corrected chi connectivity index (χ2v) is 3.52. The summed E-state index contributed by atoms with van der Waals surface area (Å²) in [5.41, 5.74) is 0.915. The van der Waals surface area contributed by atoms with Gasteiger partial charge in [0.1, 0.15) is 0 Å².